The van der Waals surface area contributed by atoms with E-state index >= 15 is 0 Å². The monoisotopic (exact) mass is 592 g/mol. The molecule has 0 radical (unpaired) electrons. The third-order valence-electron chi connectivity index (χ3n) is 10.3. The summed E-state index contributed by atoms with van der Waals surface area (Å²) >= 11 is 0. The Bertz CT molecular complexity index is 2380. The molecule has 4 aliphatic rings. The molecule has 0 amide bonds. The zero-order valence-electron chi connectivity index (χ0n) is 25.7. The molecular weight excluding hydrogens is 560 g/mol. The van der Waals surface area contributed by atoms with Crippen LogP contribution in [0.2, 0.25) is 0 Å². The zero-order chi connectivity index (χ0) is 30.4. The van der Waals surface area contributed by atoms with Gasteiger partial charge in [0.25, 0.3) is 0 Å². The molecule has 0 bridgehead atoms. The third kappa shape index (κ3) is 3.69. The summed E-state index contributed by atoms with van der Waals surface area (Å²) in [5, 5.41) is 2.56. The molecule has 1 aromatic heterocycles. The number of allylic oxidation sites excluding steroid dienone is 6. The first-order chi connectivity index (χ1) is 22.7. The van der Waals surface area contributed by atoms with E-state index in [4.69, 9.17) is 9.72 Å². The van der Waals surface area contributed by atoms with Crippen LogP contribution in [-0.2, 0) is 6.42 Å². The summed E-state index contributed by atoms with van der Waals surface area (Å²) in [6, 6.07) is 33.6. The van der Waals surface area contributed by atoms with Crippen molar-refractivity contribution >= 4 is 33.0 Å². The van der Waals surface area contributed by atoms with Gasteiger partial charge < -0.3 is 4.74 Å². The first kappa shape index (κ1) is 25.9. The average molecular weight is 593 g/mol. The normalized spacial score (nSPS) is 18.7. The molecule has 0 N–H and O–H groups in total. The molecule has 0 saturated carbocycles. The van der Waals surface area contributed by atoms with Crippen LogP contribution in [0.25, 0.3) is 60.9 Å². The molecule has 46 heavy (non-hydrogen) atoms. The second kappa shape index (κ2) is 9.79. The fourth-order valence-electron chi connectivity index (χ4n) is 8.15. The van der Waals surface area contributed by atoms with E-state index in [2.05, 4.69) is 139 Å². The third-order valence-corrected chi connectivity index (χ3v) is 10.3. The van der Waals surface area contributed by atoms with Gasteiger partial charge in [-0.2, -0.15) is 0 Å². The molecular formula is C43H32N2O. The van der Waals surface area contributed by atoms with E-state index in [0.29, 0.717) is 0 Å². The largest absolute Gasteiger partial charge is 0.484 e. The predicted octanol–water partition coefficient (Wildman–Crippen LogP) is 10.6. The summed E-state index contributed by atoms with van der Waals surface area (Å²) in [7, 11) is 0. The van der Waals surface area contributed by atoms with Crippen molar-refractivity contribution in [1.29, 1.82) is 0 Å². The van der Waals surface area contributed by atoms with Crippen LogP contribution in [0.1, 0.15) is 48.2 Å². The van der Waals surface area contributed by atoms with Gasteiger partial charge in [0.2, 0.25) is 0 Å². The van der Waals surface area contributed by atoms with E-state index in [0.717, 1.165) is 47.6 Å². The molecule has 1 aliphatic heterocycles. The second-order valence-corrected chi connectivity index (χ2v) is 12.8. The van der Waals surface area contributed by atoms with Crippen LogP contribution in [-0.4, -0.2) is 15.7 Å². The van der Waals surface area contributed by atoms with Crippen molar-refractivity contribution in [3.8, 4) is 33.7 Å². The highest BCUT2D eigenvalue weighted by Gasteiger charge is 2.36. The van der Waals surface area contributed by atoms with Crippen LogP contribution in [0.15, 0.2) is 127 Å². The lowest BCUT2D eigenvalue weighted by Gasteiger charge is -2.17. The summed E-state index contributed by atoms with van der Waals surface area (Å²) in [4.78, 5) is 4.88. The molecule has 0 spiro atoms. The molecule has 2 atom stereocenters. The Labute approximate surface area is 268 Å². The van der Waals surface area contributed by atoms with Gasteiger partial charge in [0.15, 0.2) is 0 Å². The Morgan fingerprint density at radius 2 is 1.67 bits per heavy atom. The molecule has 5 aromatic carbocycles. The smallest absolute Gasteiger partial charge is 0.132 e. The van der Waals surface area contributed by atoms with E-state index in [-0.39, 0.29) is 12.0 Å². The Morgan fingerprint density at radius 3 is 2.59 bits per heavy atom. The fourth-order valence-corrected chi connectivity index (χ4v) is 8.15. The van der Waals surface area contributed by atoms with Crippen LogP contribution in [0.3, 0.4) is 0 Å². The van der Waals surface area contributed by atoms with E-state index in [1.54, 1.807) is 0 Å². The standard InChI is InChI=1S/C43H32N2O/c1-2-41-44-38-14-4-5-15-39(38)45(41)30-20-17-26(18-21-30)27-9-7-10-28(23-27)29-19-22-31-33-12-8-13-34-42(33)36(35(31)24-29)25-37-32-11-3-6-16-40(32)46-43(34)37/h3-6,8-9,11-25,32,40H,2,7,10H2,1H3. The summed E-state index contributed by atoms with van der Waals surface area (Å²) in [5.41, 5.74) is 15.2. The van der Waals surface area contributed by atoms with Gasteiger partial charge in [-0.25, -0.2) is 4.98 Å². The van der Waals surface area contributed by atoms with Crippen molar-refractivity contribution in [2.75, 3.05) is 0 Å². The number of hydrogen-bond acceptors (Lipinski definition) is 2. The van der Waals surface area contributed by atoms with Crippen LogP contribution >= 0.6 is 0 Å². The predicted molar refractivity (Wildman–Crippen MR) is 189 cm³/mol. The number of fused-ring (bicyclic) bond motifs is 8. The highest BCUT2D eigenvalue weighted by Crippen LogP contribution is 2.55. The van der Waals surface area contributed by atoms with Crippen molar-refractivity contribution in [1.82, 2.24) is 9.55 Å². The molecule has 0 fully saturated rings. The number of aromatic nitrogens is 2. The Hall–Kier alpha value is -5.41. The average Bonchev–Trinajstić information content (AvgIpc) is 3.79. The van der Waals surface area contributed by atoms with Crippen molar-refractivity contribution < 1.29 is 4.74 Å². The number of nitrogens with zero attached hydrogens (tertiary/aromatic N) is 2. The van der Waals surface area contributed by atoms with Gasteiger partial charge >= 0.3 is 0 Å². The van der Waals surface area contributed by atoms with Crippen LogP contribution in [0.5, 0.6) is 5.75 Å². The molecule has 3 heteroatoms. The number of rotatable bonds is 4. The topological polar surface area (TPSA) is 27.1 Å². The summed E-state index contributed by atoms with van der Waals surface area (Å²) in [6.07, 6.45) is 16.6. The van der Waals surface area contributed by atoms with Gasteiger partial charge in [0, 0.05) is 34.4 Å². The number of imidazole rings is 1. The maximum absolute atomic E-state index is 6.53. The Morgan fingerprint density at radius 1 is 0.804 bits per heavy atom. The molecule has 6 aromatic rings. The molecule has 0 saturated heterocycles. The quantitative estimate of drug-likeness (QED) is 0.203. The number of para-hydroxylation sites is 2. The second-order valence-electron chi connectivity index (χ2n) is 12.8. The lowest BCUT2D eigenvalue weighted by Crippen LogP contribution is -2.15. The van der Waals surface area contributed by atoms with Gasteiger partial charge in [-0.1, -0.05) is 91.9 Å². The first-order valence-electron chi connectivity index (χ1n) is 16.5. The minimum Gasteiger partial charge on any atom is -0.484 e. The molecule has 2 unspecified atom stereocenters. The van der Waals surface area contributed by atoms with Gasteiger partial charge in [0.05, 0.1) is 11.0 Å². The van der Waals surface area contributed by atoms with E-state index in [1.165, 1.54) is 60.9 Å². The van der Waals surface area contributed by atoms with Gasteiger partial charge in [-0.05, 0) is 99.8 Å². The van der Waals surface area contributed by atoms with Crippen LogP contribution in [0, 0.1) is 0 Å². The summed E-state index contributed by atoms with van der Waals surface area (Å²) in [5.74, 6) is 2.42. The van der Waals surface area contributed by atoms with Gasteiger partial charge in [-0.3, -0.25) is 4.57 Å². The highest BCUT2D eigenvalue weighted by atomic mass is 16.5. The maximum atomic E-state index is 6.53. The maximum Gasteiger partial charge on any atom is 0.132 e. The lowest BCUT2D eigenvalue weighted by molar-refractivity contribution is 0.271. The van der Waals surface area contributed by atoms with Crippen molar-refractivity contribution in [2.45, 2.75) is 38.2 Å². The molecule has 3 nitrogen and oxygen atoms in total. The first-order valence-corrected chi connectivity index (χ1v) is 16.5. The van der Waals surface area contributed by atoms with Crippen molar-refractivity contribution in [2.24, 2.45) is 0 Å². The summed E-state index contributed by atoms with van der Waals surface area (Å²) < 4.78 is 8.83. The van der Waals surface area contributed by atoms with E-state index < -0.39 is 0 Å². The molecule has 220 valence electrons. The number of ether oxygens (including phenoxy) is 1. The Kier molecular flexibility index (Phi) is 5.51. The number of aryl methyl sites for hydroxylation is 1. The molecule has 10 rings (SSSR count). The minimum absolute atomic E-state index is 0.0898. The van der Waals surface area contributed by atoms with Gasteiger partial charge in [0.1, 0.15) is 17.7 Å². The van der Waals surface area contributed by atoms with E-state index in [1.807, 2.05) is 0 Å². The van der Waals surface area contributed by atoms with Crippen LogP contribution in [0.4, 0.5) is 0 Å². The molecule has 2 heterocycles. The molecule has 3 aliphatic carbocycles. The fraction of sp³-hybridized carbons (Fsp3) is 0.140. The van der Waals surface area contributed by atoms with Crippen molar-refractivity contribution in [3.63, 3.8) is 0 Å². The number of hydrogen-bond donors (Lipinski definition) is 0. The van der Waals surface area contributed by atoms with E-state index in [9.17, 15) is 0 Å². The lowest BCUT2D eigenvalue weighted by atomic mass is 9.87. The summed E-state index contributed by atoms with van der Waals surface area (Å²) in [6.45, 7) is 2.17. The Balaban J connectivity index is 1.01. The van der Waals surface area contributed by atoms with Gasteiger partial charge in [-0.15, -0.1) is 0 Å². The number of benzene rings is 5. The minimum atomic E-state index is 0.0898. The van der Waals surface area contributed by atoms with Crippen LogP contribution < -0.4 is 4.74 Å². The highest BCUT2D eigenvalue weighted by molar-refractivity contribution is 6.17. The SMILES string of the molecule is CCc1nc2ccccc2n1-c1ccc(C2=CCCC(c3ccc4c(c3)-c3cc5c(c6cccc-4c36)OC3C=CC=CC53)=C2)cc1. The zero-order valence-corrected chi connectivity index (χ0v) is 25.7. The van der Waals surface area contributed by atoms with Crippen molar-refractivity contribution in [3.05, 3.63) is 150 Å².